The summed E-state index contributed by atoms with van der Waals surface area (Å²) >= 11 is 0. The Kier molecular flexibility index (Phi) is 5.14. The van der Waals surface area contributed by atoms with Crippen LogP contribution in [0.3, 0.4) is 0 Å². The summed E-state index contributed by atoms with van der Waals surface area (Å²) in [5.41, 5.74) is 3.98. The molecular formula is C22H21NO2. The van der Waals surface area contributed by atoms with Crippen molar-refractivity contribution >= 4 is 11.6 Å². The quantitative estimate of drug-likeness (QED) is 0.709. The summed E-state index contributed by atoms with van der Waals surface area (Å²) in [7, 11) is 0. The van der Waals surface area contributed by atoms with Crippen LogP contribution in [0.15, 0.2) is 78.9 Å². The Balaban J connectivity index is 1.74. The molecule has 0 spiro atoms. The third-order valence-electron chi connectivity index (χ3n) is 3.97. The lowest BCUT2D eigenvalue weighted by Crippen LogP contribution is -2.30. The summed E-state index contributed by atoms with van der Waals surface area (Å²) in [5, 5.41) is 2.98. The van der Waals surface area contributed by atoms with Crippen LogP contribution in [0.25, 0.3) is 11.1 Å². The summed E-state index contributed by atoms with van der Waals surface area (Å²) in [6.45, 7) is 3.76. The van der Waals surface area contributed by atoms with Crippen LogP contribution in [0.1, 0.15) is 12.5 Å². The standard InChI is InChI=1S/C22H21NO2/c1-16-12-14-19(15-13-16)25-17(2)22(24)23-21-11-7-6-10-20(21)18-8-4-3-5-9-18/h3-15,17H,1-2H3,(H,23,24)/t17-/m1/s1. The van der Waals surface area contributed by atoms with Crippen LogP contribution in [0.4, 0.5) is 5.69 Å². The predicted octanol–water partition coefficient (Wildman–Crippen LogP) is 5.07. The minimum absolute atomic E-state index is 0.177. The zero-order chi connectivity index (χ0) is 17.6. The fraction of sp³-hybridized carbons (Fsp3) is 0.136. The summed E-state index contributed by atoms with van der Waals surface area (Å²) in [6, 6.07) is 25.4. The normalized spacial score (nSPS) is 11.6. The topological polar surface area (TPSA) is 38.3 Å². The Morgan fingerprint density at radius 1 is 0.880 bits per heavy atom. The average molecular weight is 331 g/mol. The highest BCUT2D eigenvalue weighted by atomic mass is 16.5. The van der Waals surface area contributed by atoms with Gasteiger partial charge in [0.25, 0.3) is 5.91 Å². The van der Waals surface area contributed by atoms with E-state index in [-0.39, 0.29) is 5.91 Å². The summed E-state index contributed by atoms with van der Waals surface area (Å²) < 4.78 is 5.74. The lowest BCUT2D eigenvalue weighted by molar-refractivity contribution is -0.122. The fourth-order valence-electron chi connectivity index (χ4n) is 2.57. The number of amides is 1. The molecule has 3 heteroatoms. The Hall–Kier alpha value is -3.07. The van der Waals surface area contributed by atoms with E-state index in [4.69, 9.17) is 4.74 Å². The van der Waals surface area contributed by atoms with Gasteiger partial charge in [-0.3, -0.25) is 4.79 Å². The molecule has 3 aromatic rings. The Labute approximate surface area is 148 Å². The maximum absolute atomic E-state index is 12.5. The highest BCUT2D eigenvalue weighted by Crippen LogP contribution is 2.27. The summed E-state index contributed by atoms with van der Waals surface area (Å²) in [4.78, 5) is 12.5. The van der Waals surface area contributed by atoms with Crippen molar-refractivity contribution in [3.05, 3.63) is 84.4 Å². The van der Waals surface area contributed by atoms with Crippen LogP contribution in [0.2, 0.25) is 0 Å². The molecule has 0 aliphatic rings. The van der Waals surface area contributed by atoms with E-state index in [9.17, 15) is 4.79 Å². The first-order valence-electron chi connectivity index (χ1n) is 8.32. The average Bonchev–Trinajstić information content (AvgIpc) is 2.64. The largest absolute Gasteiger partial charge is 0.481 e. The first-order valence-corrected chi connectivity index (χ1v) is 8.32. The molecule has 3 aromatic carbocycles. The molecule has 0 bridgehead atoms. The second-order valence-electron chi connectivity index (χ2n) is 5.97. The van der Waals surface area contributed by atoms with Gasteiger partial charge in [-0.1, -0.05) is 66.2 Å². The molecule has 3 nitrogen and oxygen atoms in total. The summed E-state index contributed by atoms with van der Waals surface area (Å²) in [6.07, 6.45) is -0.591. The number of aryl methyl sites for hydroxylation is 1. The first kappa shape index (κ1) is 16.8. The van der Waals surface area contributed by atoms with Gasteiger partial charge in [0.15, 0.2) is 6.10 Å². The molecule has 25 heavy (non-hydrogen) atoms. The number of ether oxygens (including phenoxy) is 1. The van der Waals surface area contributed by atoms with Gasteiger partial charge in [0, 0.05) is 11.3 Å². The highest BCUT2D eigenvalue weighted by molar-refractivity contribution is 5.97. The number of carbonyl (C=O) groups excluding carboxylic acids is 1. The Morgan fingerprint density at radius 2 is 1.52 bits per heavy atom. The number of anilines is 1. The lowest BCUT2D eigenvalue weighted by atomic mass is 10.0. The van der Waals surface area contributed by atoms with E-state index in [0.717, 1.165) is 22.4 Å². The van der Waals surface area contributed by atoms with E-state index in [1.165, 1.54) is 0 Å². The molecule has 1 atom stereocenters. The molecule has 0 aliphatic heterocycles. The van der Waals surface area contributed by atoms with E-state index < -0.39 is 6.10 Å². The molecular weight excluding hydrogens is 310 g/mol. The molecule has 1 amide bonds. The molecule has 0 unspecified atom stereocenters. The van der Waals surface area contributed by atoms with E-state index in [1.807, 2.05) is 85.8 Å². The van der Waals surface area contributed by atoms with Gasteiger partial charge in [0.05, 0.1) is 0 Å². The van der Waals surface area contributed by atoms with E-state index >= 15 is 0 Å². The van der Waals surface area contributed by atoms with Crippen LogP contribution < -0.4 is 10.1 Å². The Morgan fingerprint density at radius 3 is 2.24 bits per heavy atom. The van der Waals surface area contributed by atoms with Crippen LogP contribution in [0, 0.1) is 6.92 Å². The third-order valence-corrected chi connectivity index (χ3v) is 3.97. The van der Waals surface area contributed by atoms with E-state index in [1.54, 1.807) is 6.92 Å². The third kappa shape index (κ3) is 4.27. The SMILES string of the molecule is Cc1ccc(O[C@H](C)C(=O)Nc2ccccc2-c2ccccc2)cc1. The molecule has 1 N–H and O–H groups in total. The molecule has 3 rings (SSSR count). The van der Waals surface area contributed by atoms with Crippen molar-refractivity contribution in [3.8, 4) is 16.9 Å². The number of hydrogen-bond donors (Lipinski definition) is 1. The van der Waals surface area contributed by atoms with Gasteiger partial charge >= 0.3 is 0 Å². The molecule has 0 heterocycles. The molecule has 0 radical (unpaired) electrons. The smallest absolute Gasteiger partial charge is 0.265 e. The van der Waals surface area contributed by atoms with Crippen LogP contribution in [-0.4, -0.2) is 12.0 Å². The molecule has 0 saturated heterocycles. The van der Waals surface area contributed by atoms with Gasteiger partial charge in [-0.05, 0) is 37.6 Å². The predicted molar refractivity (Wildman–Crippen MR) is 102 cm³/mol. The van der Waals surface area contributed by atoms with E-state index in [2.05, 4.69) is 5.32 Å². The lowest BCUT2D eigenvalue weighted by Gasteiger charge is -2.17. The minimum atomic E-state index is -0.591. The van der Waals surface area contributed by atoms with Gasteiger partial charge in [0.1, 0.15) is 5.75 Å². The first-order chi connectivity index (χ1) is 12.1. The number of para-hydroxylation sites is 1. The van der Waals surface area contributed by atoms with Crippen LogP contribution >= 0.6 is 0 Å². The molecule has 0 aliphatic carbocycles. The maximum atomic E-state index is 12.5. The van der Waals surface area contributed by atoms with Gasteiger partial charge in [-0.2, -0.15) is 0 Å². The maximum Gasteiger partial charge on any atom is 0.265 e. The van der Waals surface area contributed by atoms with Crippen molar-refractivity contribution in [2.75, 3.05) is 5.32 Å². The van der Waals surface area contributed by atoms with Gasteiger partial charge in [-0.15, -0.1) is 0 Å². The Bertz CT molecular complexity index is 841. The fourth-order valence-corrected chi connectivity index (χ4v) is 2.57. The zero-order valence-electron chi connectivity index (χ0n) is 14.4. The van der Waals surface area contributed by atoms with Crippen molar-refractivity contribution in [1.82, 2.24) is 0 Å². The summed E-state index contributed by atoms with van der Waals surface area (Å²) in [5.74, 6) is 0.508. The van der Waals surface area contributed by atoms with Gasteiger partial charge in [-0.25, -0.2) is 0 Å². The van der Waals surface area contributed by atoms with Crippen molar-refractivity contribution < 1.29 is 9.53 Å². The van der Waals surface area contributed by atoms with Crippen molar-refractivity contribution in [3.63, 3.8) is 0 Å². The van der Waals surface area contributed by atoms with E-state index in [0.29, 0.717) is 5.75 Å². The van der Waals surface area contributed by atoms with Gasteiger partial charge < -0.3 is 10.1 Å². The number of rotatable bonds is 5. The second kappa shape index (κ2) is 7.67. The molecule has 0 aromatic heterocycles. The van der Waals surface area contributed by atoms with Crippen molar-refractivity contribution in [1.29, 1.82) is 0 Å². The molecule has 0 saturated carbocycles. The number of carbonyl (C=O) groups is 1. The van der Waals surface area contributed by atoms with Gasteiger partial charge in [0.2, 0.25) is 0 Å². The number of nitrogens with one attached hydrogen (secondary N) is 1. The van der Waals surface area contributed by atoms with Crippen LogP contribution in [0.5, 0.6) is 5.75 Å². The second-order valence-corrected chi connectivity index (χ2v) is 5.97. The number of benzene rings is 3. The monoisotopic (exact) mass is 331 g/mol. The molecule has 126 valence electrons. The highest BCUT2D eigenvalue weighted by Gasteiger charge is 2.16. The number of hydrogen-bond acceptors (Lipinski definition) is 2. The van der Waals surface area contributed by atoms with Crippen molar-refractivity contribution in [2.24, 2.45) is 0 Å². The molecule has 0 fully saturated rings. The zero-order valence-corrected chi connectivity index (χ0v) is 14.4. The van der Waals surface area contributed by atoms with Crippen LogP contribution in [-0.2, 0) is 4.79 Å². The van der Waals surface area contributed by atoms with Crippen molar-refractivity contribution in [2.45, 2.75) is 20.0 Å². The minimum Gasteiger partial charge on any atom is -0.481 e.